The van der Waals surface area contributed by atoms with Gasteiger partial charge in [0.25, 0.3) is 0 Å². The summed E-state index contributed by atoms with van der Waals surface area (Å²) in [5, 5.41) is 12.9. The number of rotatable bonds is 3. The minimum absolute atomic E-state index is 0.0161. The van der Waals surface area contributed by atoms with Gasteiger partial charge < -0.3 is 14.6 Å². The highest BCUT2D eigenvalue weighted by Crippen LogP contribution is 2.47. The molecule has 3 aliphatic rings. The van der Waals surface area contributed by atoms with Crippen LogP contribution in [-0.2, 0) is 0 Å². The fraction of sp³-hybridized carbons (Fsp3) is 0.474. The summed E-state index contributed by atoms with van der Waals surface area (Å²) in [6.07, 6.45) is 3.29. The molecule has 2 unspecified atom stereocenters. The van der Waals surface area contributed by atoms with Crippen molar-refractivity contribution in [2.75, 3.05) is 18.0 Å². The number of aromatic carboxylic acids is 1. The first-order valence-electron chi connectivity index (χ1n) is 8.88. The molecule has 0 spiro atoms. The summed E-state index contributed by atoms with van der Waals surface area (Å²) < 4.78 is 16.7. The van der Waals surface area contributed by atoms with E-state index in [4.69, 9.17) is 0 Å². The molecule has 6 nitrogen and oxygen atoms in total. The van der Waals surface area contributed by atoms with Crippen LogP contribution in [0.4, 0.5) is 10.1 Å². The monoisotopic (exact) mass is 357 g/mol. The Balaban J connectivity index is 1.70. The number of nitrogens with zero attached hydrogens (tertiary/aromatic N) is 2. The molecule has 2 N–H and O–H groups in total. The molecule has 3 heterocycles. The van der Waals surface area contributed by atoms with Gasteiger partial charge in [-0.3, -0.25) is 10.1 Å². The van der Waals surface area contributed by atoms with Crippen LogP contribution < -0.4 is 15.6 Å². The number of benzene rings is 1. The predicted molar refractivity (Wildman–Crippen MR) is 95.6 cm³/mol. The van der Waals surface area contributed by atoms with Crippen molar-refractivity contribution >= 4 is 22.6 Å². The zero-order valence-electron chi connectivity index (χ0n) is 14.7. The third-order valence-electron chi connectivity index (χ3n) is 6.33. The maximum Gasteiger partial charge on any atom is 0.341 e. The van der Waals surface area contributed by atoms with E-state index in [0.29, 0.717) is 24.3 Å². The van der Waals surface area contributed by atoms with Crippen molar-refractivity contribution in [3.8, 4) is 0 Å². The molecule has 26 heavy (non-hydrogen) atoms. The zero-order chi connectivity index (χ0) is 18.4. The molecule has 0 radical (unpaired) electrons. The highest BCUT2D eigenvalue weighted by Gasteiger charge is 2.66. The lowest BCUT2D eigenvalue weighted by Gasteiger charge is -2.24. The van der Waals surface area contributed by atoms with E-state index in [2.05, 4.69) is 19.2 Å². The normalized spacial score (nSPS) is 29.9. The van der Waals surface area contributed by atoms with Crippen LogP contribution in [0.15, 0.2) is 23.1 Å². The SMILES string of the molecule is CC12CN(c3cc4c(cc3F)c(=O)c(C(=O)O)cn4C3CC3)CC1(C)N2. The minimum Gasteiger partial charge on any atom is -0.477 e. The Labute approximate surface area is 149 Å². The minimum atomic E-state index is -1.28. The van der Waals surface area contributed by atoms with Gasteiger partial charge in [-0.25, -0.2) is 9.18 Å². The van der Waals surface area contributed by atoms with Crippen LogP contribution in [0.25, 0.3) is 10.9 Å². The second-order valence-corrected chi connectivity index (χ2v) is 8.28. The number of piperazine rings is 1. The summed E-state index contributed by atoms with van der Waals surface area (Å²) in [5.41, 5.74) is 0.131. The van der Waals surface area contributed by atoms with Gasteiger partial charge in [0.2, 0.25) is 5.43 Å². The van der Waals surface area contributed by atoms with Gasteiger partial charge in [0, 0.05) is 30.7 Å². The molecular weight excluding hydrogens is 337 g/mol. The molecule has 1 aliphatic carbocycles. The van der Waals surface area contributed by atoms with Crippen molar-refractivity contribution in [3.63, 3.8) is 0 Å². The van der Waals surface area contributed by atoms with Gasteiger partial charge in [-0.2, -0.15) is 0 Å². The molecule has 3 fully saturated rings. The fourth-order valence-electron chi connectivity index (χ4n) is 4.40. The molecule has 5 rings (SSSR count). The van der Waals surface area contributed by atoms with Crippen molar-refractivity contribution in [3.05, 3.63) is 39.9 Å². The molecule has 1 saturated carbocycles. The average Bonchev–Trinajstić information content (AvgIpc) is 3.44. The first-order valence-corrected chi connectivity index (χ1v) is 8.88. The molecule has 2 aliphatic heterocycles. The lowest BCUT2D eigenvalue weighted by atomic mass is 10.0. The molecule has 136 valence electrons. The van der Waals surface area contributed by atoms with Gasteiger partial charge in [-0.15, -0.1) is 0 Å². The maximum atomic E-state index is 14.9. The van der Waals surface area contributed by atoms with Crippen molar-refractivity contribution in [2.24, 2.45) is 0 Å². The molecule has 0 amide bonds. The van der Waals surface area contributed by atoms with E-state index < -0.39 is 17.2 Å². The summed E-state index contributed by atoms with van der Waals surface area (Å²) in [7, 11) is 0. The van der Waals surface area contributed by atoms with Crippen molar-refractivity contribution in [1.82, 2.24) is 9.88 Å². The number of carboxylic acids is 1. The number of carbonyl (C=O) groups is 1. The Morgan fingerprint density at radius 3 is 2.50 bits per heavy atom. The number of carboxylic acid groups (broad SMARTS) is 1. The second kappa shape index (κ2) is 4.65. The molecule has 2 aromatic rings. The Morgan fingerprint density at radius 1 is 1.27 bits per heavy atom. The Bertz CT molecular complexity index is 1030. The molecule has 1 aromatic heterocycles. The van der Waals surface area contributed by atoms with Crippen LogP contribution in [0.3, 0.4) is 0 Å². The van der Waals surface area contributed by atoms with E-state index in [1.54, 1.807) is 6.07 Å². The number of nitrogens with one attached hydrogen (secondary N) is 1. The molecule has 7 heteroatoms. The summed E-state index contributed by atoms with van der Waals surface area (Å²) in [4.78, 5) is 25.9. The fourth-order valence-corrected chi connectivity index (χ4v) is 4.40. The number of anilines is 1. The van der Waals surface area contributed by atoms with Crippen LogP contribution in [0.2, 0.25) is 0 Å². The number of pyridine rings is 1. The third kappa shape index (κ3) is 2.00. The van der Waals surface area contributed by atoms with Gasteiger partial charge >= 0.3 is 5.97 Å². The van der Waals surface area contributed by atoms with Gasteiger partial charge in [-0.05, 0) is 38.8 Å². The number of fused-ring (bicyclic) bond motifs is 2. The van der Waals surface area contributed by atoms with Crippen LogP contribution in [0, 0.1) is 5.82 Å². The summed E-state index contributed by atoms with van der Waals surface area (Å²) in [6.45, 7) is 5.66. The van der Waals surface area contributed by atoms with Gasteiger partial charge in [0.05, 0.1) is 22.3 Å². The quantitative estimate of drug-likeness (QED) is 0.822. The van der Waals surface area contributed by atoms with E-state index in [9.17, 15) is 19.1 Å². The van der Waals surface area contributed by atoms with Crippen LogP contribution in [-0.4, -0.2) is 39.8 Å². The van der Waals surface area contributed by atoms with E-state index >= 15 is 0 Å². The maximum absolute atomic E-state index is 14.9. The van der Waals surface area contributed by atoms with E-state index in [-0.39, 0.29) is 28.1 Å². The third-order valence-corrected chi connectivity index (χ3v) is 6.33. The lowest BCUT2D eigenvalue weighted by molar-refractivity contribution is 0.0695. The topological polar surface area (TPSA) is 84.5 Å². The van der Waals surface area contributed by atoms with Gasteiger partial charge in [0.15, 0.2) is 0 Å². The molecule has 0 bridgehead atoms. The Morgan fingerprint density at radius 2 is 1.92 bits per heavy atom. The Kier molecular flexibility index (Phi) is 2.83. The lowest BCUT2D eigenvalue weighted by Crippen LogP contribution is -2.32. The number of hydrogen-bond acceptors (Lipinski definition) is 4. The average molecular weight is 357 g/mol. The number of hydrogen-bond donors (Lipinski definition) is 2. The summed E-state index contributed by atoms with van der Waals surface area (Å²) >= 11 is 0. The van der Waals surface area contributed by atoms with Gasteiger partial charge in [-0.1, -0.05) is 0 Å². The first kappa shape index (κ1) is 15.8. The van der Waals surface area contributed by atoms with Crippen molar-refractivity contribution in [2.45, 2.75) is 43.8 Å². The number of halogens is 1. The largest absolute Gasteiger partial charge is 0.477 e. The van der Waals surface area contributed by atoms with E-state index in [1.165, 1.54) is 12.3 Å². The van der Waals surface area contributed by atoms with Crippen molar-refractivity contribution in [1.29, 1.82) is 0 Å². The number of aromatic nitrogens is 1. The summed E-state index contributed by atoms with van der Waals surface area (Å²) in [6, 6.07) is 3.10. The summed E-state index contributed by atoms with van der Waals surface area (Å²) in [5.74, 6) is -1.75. The molecule has 2 saturated heterocycles. The predicted octanol–water partition coefficient (Wildman–Crippen LogP) is 2.11. The van der Waals surface area contributed by atoms with E-state index in [0.717, 1.165) is 12.8 Å². The first-order chi connectivity index (χ1) is 12.2. The standard InChI is InChI=1S/C19H20FN3O3/c1-18-8-22(9-19(18,2)21-18)15-6-14-11(5-13(15)20)16(24)12(17(25)26)7-23(14)10-3-4-10/h5-7,10,21H,3-4,8-9H2,1-2H3,(H,25,26). The molecule has 2 atom stereocenters. The smallest absolute Gasteiger partial charge is 0.341 e. The Hall–Kier alpha value is -2.41. The molecular formula is C19H20FN3O3. The zero-order valence-corrected chi connectivity index (χ0v) is 14.7. The van der Waals surface area contributed by atoms with Crippen LogP contribution in [0.5, 0.6) is 0 Å². The second-order valence-electron chi connectivity index (χ2n) is 8.28. The van der Waals surface area contributed by atoms with E-state index in [1.807, 2.05) is 9.47 Å². The van der Waals surface area contributed by atoms with Crippen LogP contribution in [0.1, 0.15) is 43.1 Å². The van der Waals surface area contributed by atoms with Crippen LogP contribution >= 0.6 is 0 Å². The highest BCUT2D eigenvalue weighted by molar-refractivity contribution is 5.93. The molecule has 1 aromatic carbocycles. The highest BCUT2D eigenvalue weighted by atomic mass is 19.1. The van der Waals surface area contributed by atoms with Crippen molar-refractivity contribution < 1.29 is 14.3 Å². The van der Waals surface area contributed by atoms with Gasteiger partial charge in [0.1, 0.15) is 11.4 Å².